The summed E-state index contributed by atoms with van der Waals surface area (Å²) in [5.74, 6) is -0.264. The maximum Gasteiger partial charge on any atom is 0.278 e. The lowest BCUT2D eigenvalue weighted by Gasteiger charge is -2.38. The lowest BCUT2D eigenvalue weighted by Crippen LogP contribution is -2.60. The van der Waals surface area contributed by atoms with Gasteiger partial charge < -0.3 is 10.2 Å². The fourth-order valence-corrected chi connectivity index (χ4v) is 0.331. The minimum absolute atomic E-state index is 0.264. The second-order valence-electron chi connectivity index (χ2n) is 3.94. The summed E-state index contributed by atoms with van der Waals surface area (Å²) in [6.07, 6.45) is 0. The average Bonchev–Trinajstić information content (AvgIpc) is 1.62. The number of likely N-dealkylation sites (N-methyl/N-ethyl adjacent to an activating group) is 1. The number of hydrogen-bond donors (Lipinski definition) is 1. The number of primary amides is 1. The third-order valence-electron chi connectivity index (χ3n) is 2.28. The highest BCUT2D eigenvalue weighted by Crippen LogP contribution is 2.15. The van der Waals surface area contributed by atoms with E-state index in [9.17, 15) is 4.79 Å². The summed E-state index contributed by atoms with van der Waals surface area (Å²) in [6.45, 7) is 3.69. The maximum atomic E-state index is 10.9. The van der Waals surface area contributed by atoms with Crippen LogP contribution in [0.4, 0.5) is 0 Å². The van der Waals surface area contributed by atoms with Gasteiger partial charge in [-0.25, -0.2) is 0 Å². The second-order valence-corrected chi connectivity index (χ2v) is 3.94. The van der Waals surface area contributed by atoms with Crippen molar-refractivity contribution in [3.05, 3.63) is 0 Å². The van der Waals surface area contributed by atoms with Crippen molar-refractivity contribution in [3.63, 3.8) is 0 Å². The van der Waals surface area contributed by atoms with Crippen molar-refractivity contribution in [3.8, 4) is 0 Å². The Balaban J connectivity index is 4.57. The van der Waals surface area contributed by atoms with Gasteiger partial charge in [0.1, 0.15) is 0 Å². The number of carbonyl (C=O) groups is 1. The van der Waals surface area contributed by atoms with Gasteiger partial charge in [-0.15, -0.1) is 0 Å². The van der Waals surface area contributed by atoms with Crippen LogP contribution in [0.15, 0.2) is 0 Å². The first-order chi connectivity index (χ1) is 4.19. The van der Waals surface area contributed by atoms with Crippen LogP contribution in [-0.2, 0) is 4.79 Å². The van der Waals surface area contributed by atoms with E-state index in [1.807, 2.05) is 35.0 Å². The molecule has 60 valence electrons. The molecule has 3 heteroatoms. The summed E-state index contributed by atoms with van der Waals surface area (Å²) in [5, 5.41) is 0. The first-order valence-corrected chi connectivity index (χ1v) is 3.31. The third-order valence-corrected chi connectivity index (χ3v) is 2.28. The van der Waals surface area contributed by atoms with E-state index in [0.717, 1.165) is 0 Å². The van der Waals surface area contributed by atoms with Gasteiger partial charge in [0.05, 0.1) is 21.1 Å². The van der Waals surface area contributed by atoms with Gasteiger partial charge in [-0.1, -0.05) is 0 Å². The van der Waals surface area contributed by atoms with Crippen molar-refractivity contribution in [1.29, 1.82) is 0 Å². The van der Waals surface area contributed by atoms with Gasteiger partial charge in [0.15, 0.2) is 5.54 Å². The third kappa shape index (κ3) is 1.48. The van der Waals surface area contributed by atoms with Gasteiger partial charge in [-0.3, -0.25) is 4.79 Å². The minimum atomic E-state index is -0.486. The predicted molar refractivity (Wildman–Crippen MR) is 41.3 cm³/mol. The van der Waals surface area contributed by atoms with Crippen molar-refractivity contribution < 1.29 is 9.28 Å². The van der Waals surface area contributed by atoms with E-state index in [1.165, 1.54) is 0 Å². The molecule has 3 nitrogen and oxygen atoms in total. The molecule has 0 spiro atoms. The molecule has 0 saturated heterocycles. The molecule has 0 aliphatic heterocycles. The molecule has 0 aromatic rings. The molecular formula is C7H17N2O+. The van der Waals surface area contributed by atoms with E-state index in [-0.39, 0.29) is 5.91 Å². The molecule has 0 fully saturated rings. The summed E-state index contributed by atoms with van der Waals surface area (Å²) in [5.41, 5.74) is 4.72. The number of quaternary nitrogens is 1. The number of amides is 1. The van der Waals surface area contributed by atoms with Crippen molar-refractivity contribution in [2.75, 3.05) is 21.1 Å². The Morgan fingerprint density at radius 1 is 1.30 bits per heavy atom. The molecule has 0 radical (unpaired) electrons. The lowest BCUT2D eigenvalue weighted by molar-refractivity contribution is -0.908. The molecule has 0 aliphatic carbocycles. The Kier molecular flexibility index (Phi) is 2.11. The highest BCUT2D eigenvalue weighted by atomic mass is 16.1. The monoisotopic (exact) mass is 145 g/mol. The maximum absolute atomic E-state index is 10.9. The van der Waals surface area contributed by atoms with Crippen molar-refractivity contribution >= 4 is 5.91 Å². The first-order valence-electron chi connectivity index (χ1n) is 3.31. The highest BCUT2D eigenvalue weighted by Gasteiger charge is 2.38. The standard InChI is InChI=1S/C7H16N2O/c1-7(2,6(8)10)9(3,4)5/h1-5H3,(H-,8,10)/p+1. The Bertz CT molecular complexity index is 144. The number of carbonyl (C=O) groups excluding carboxylic acids is 1. The summed E-state index contributed by atoms with van der Waals surface area (Å²) in [4.78, 5) is 10.9. The summed E-state index contributed by atoms with van der Waals surface area (Å²) in [6, 6.07) is 0. The molecule has 0 aromatic heterocycles. The summed E-state index contributed by atoms with van der Waals surface area (Å²) < 4.78 is 0.558. The Labute approximate surface area is 62.4 Å². The molecule has 1 amide bonds. The van der Waals surface area contributed by atoms with Crippen LogP contribution in [0.2, 0.25) is 0 Å². The molecule has 2 N–H and O–H groups in total. The van der Waals surface area contributed by atoms with E-state index in [0.29, 0.717) is 4.48 Å². The Hall–Kier alpha value is -0.570. The van der Waals surface area contributed by atoms with Crippen molar-refractivity contribution in [2.45, 2.75) is 19.4 Å². The number of rotatable bonds is 2. The zero-order chi connectivity index (χ0) is 8.58. The summed E-state index contributed by atoms with van der Waals surface area (Å²) in [7, 11) is 5.85. The van der Waals surface area contributed by atoms with E-state index in [2.05, 4.69) is 0 Å². The normalized spacial score (nSPS) is 13.3. The highest BCUT2D eigenvalue weighted by molar-refractivity contribution is 5.82. The van der Waals surface area contributed by atoms with Crippen LogP contribution in [0.5, 0.6) is 0 Å². The smallest absolute Gasteiger partial charge is 0.278 e. The number of nitrogens with two attached hydrogens (primary N) is 1. The molecule has 0 atom stereocenters. The van der Waals surface area contributed by atoms with Crippen LogP contribution in [0.25, 0.3) is 0 Å². The van der Waals surface area contributed by atoms with Crippen LogP contribution in [0.3, 0.4) is 0 Å². The quantitative estimate of drug-likeness (QED) is 0.544. The fraction of sp³-hybridized carbons (Fsp3) is 0.857. The van der Waals surface area contributed by atoms with Gasteiger partial charge in [-0.2, -0.15) is 0 Å². The minimum Gasteiger partial charge on any atom is -0.364 e. The van der Waals surface area contributed by atoms with E-state index in [1.54, 1.807) is 0 Å². The average molecular weight is 145 g/mol. The van der Waals surface area contributed by atoms with Crippen LogP contribution in [0.1, 0.15) is 13.8 Å². The van der Waals surface area contributed by atoms with Gasteiger partial charge in [-0.05, 0) is 13.8 Å². The van der Waals surface area contributed by atoms with E-state index in [4.69, 9.17) is 5.73 Å². The second kappa shape index (κ2) is 2.23. The number of hydrogen-bond acceptors (Lipinski definition) is 1. The summed E-state index contributed by atoms with van der Waals surface area (Å²) >= 11 is 0. The molecule has 0 aliphatic rings. The largest absolute Gasteiger partial charge is 0.364 e. The molecule has 0 heterocycles. The van der Waals surface area contributed by atoms with Gasteiger partial charge in [0, 0.05) is 0 Å². The van der Waals surface area contributed by atoms with E-state index < -0.39 is 5.54 Å². The first kappa shape index (κ1) is 9.43. The number of nitrogens with zero attached hydrogens (tertiary/aromatic N) is 1. The van der Waals surface area contributed by atoms with Crippen molar-refractivity contribution in [2.24, 2.45) is 5.73 Å². The van der Waals surface area contributed by atoms with E-state index >= 15 is 0 Å². The fourth-order valence-electron chi connectivity index (χ4n) is 0.331. The SMILES string of the molecule is CC(C)(C(N)=O)[N+](C)(C)C. The van der Waals surface area contributed by atoms with Crippen LogP contribution < -0.4 is 5.73 Å². The molecular weight excluding hydrogens is 128 g/mol. The van der Waals surface area contributed by atoms with Gasteiger partial charge >= 0.3 is 0 Å². The van der Waals surface area contributed by atoms with Gasteiger partial charge in [0.25, 0.3) is 5.91 Å². The predicted octanol–water partition coefficient (Wildman–Crippen LogP) is -0.0435. The Morgan fingerprint density at radius 2 is 1.60 bits per heavy atom. The zero-order valence-electron chi connectivity index (χ0n) is 7.43. The van der Waals surface area contributed by atoms with Crippen LogP contribution >= 0.6 is 0 Å². The molecule has 0 bridgehead atoms. The zero-order valence-corrected chi connectivity index (χ0v) is 7.43. The molecule has 10 heavy (non-hydrogen) atoms. The molecule has 0 saturated carbocycles. The molecule has 0 aromatic carbocycles. The van der Waals surface area contributed by atoms with Crippen LogP contribution in [0, 0.1) is 0 Å². The Morgan fingerprint density at radius 3 is 1.60 bits per heavy atom. The topological polar surface area (TPSA) is 43.1 Å². The van der Waals surface area contributed by atoms with Crippen molar-refractivity contribution in [1.82, 2.24) is 0 Å². The van der Waals surface area contributed by atoms with Gasteiger partial charge in [0.2, 0.25) is 0 Å². The lowest BCUT2D eigenvalue weighted by atomic mass is 10.0. The molecule has 0 rings (SSSR count). The van der Waals surface area contributed by atoms with Crippen LogP contribution in [-0.4, -0.2) is 37.1 Å². The molecule has 0 unspecified atom stereocenters.